The van der Waals surface area contributed by atoms with E-state index in [1.807, 2.05) is 6.07 Å². The maximum atomic E-state index is 11.8. The third kappa shape index (κ3) is 4.28. The SMILES string of the molecule is O=C(NCc1cccnc1)Nc1cc(Br)ccc1C(=O)O. The molecule has 0 atom stereocenters. The molecule has 1 aromatic heterocycles. The fourth-order valence-electron chi connectivity index (χ4n) is 1.66. The summed E-state index contributed by atoms with van der Waals surface area (Å²) in [6.07, 6.45) is 3.28. The summed E-state index contributed by atoms with van der Waals surface area (Å²) in [5.41, 5.74) is 1.09. The van der Waals surface area contributed by atoms with Crippen LogP contribution in [0, 0.1) is 0 Å². The smallest absolute Gasteiger partial charge is 0.337 e. The number of hydrogen-bond acceptors (Lipinski definition) is 3. The van der Waals surface area contributed by atoms with Crippen molar-refractivity contribution < 1.29 is 14.7 Å². The van der Waals surface area contributed by atoms with Crippen LogP contribution in [0.25, 0.3) is 0 Å². The monoisotopic (exact) mass is 349 g/mol. The molecule has 1 heterocycles. The van der Waals surface area contributed by atoms with Gasteiger partial charge in [-0.15, -0.1) is 0 Å². The van der Waals surface area contributed by atoms with E-state index in [1.54, 1.807) is 24.5 Å². The van der Waals surface area contributed by atoms with E-state index in [0.29, 0.717) is 11.0 Å². The molecule has 0 aliphatic carbocycles. The van der Waals surface area contributed by atoms with Crippen LogP contribution < -0.4 is 10.6 Å². The Bertz CT molecular complexity index is 662. The van der Waals surface area contributed by atoms with Crippen molar-refractivity contribution in [2.24, 2.45) is 0 Å². The summed E-state index contributed by atoms with van der Waals surface area (Å²) in [6, 6.07) is 7.67. The second kappa shape index (κ2) is 6.85. The summed E-state index contributed by atoms with van der Waals surface area (Å²) < 4.78 is 0.676. The number of carbonyl (C=O) groups is 2. The zero-order chi connectivity index (χ0) is 15.2. The van der Waals surface area contributed by atoms with Crippen LogP contribution in [0.15, 0.2) is 47.2 Å². The van der Waals surface area contributed by atoms with Gasteiger partial charge in [0.1, 0.15) is 0 Å². The fourth-order valence-corrected chi connectivity index (χ4v) is 2.02. The molecular weight excluding hydrogens is 338 g/mol. The highest BCUT2D eigenvalue weighted by atomic mass is 79.9. The maximum Gasteiger partial charge on any atom is 0.337 e. The first kappa shape index (κ1) is 15.0. The van der Waals surface area contributed by atoms with Gasteiger partial charge in [0, 0.05) is 23.4 Å². The summed E-state index contributed by atoms with van der Waals surface area (Å²) in [7, 11) is 0. The lowest BCUT2D eigenvalue weighted by molar-refractivity contribution is 0.0698. The molecule has 2 rings (SSSR count). The van der Waals surface area contributed by atoms with Crippen molar-refractivity contribution in [3.63, 3.8) is 0 Å². The first-order chi connectivity index (χ1) is 10.1. The van der Waals surface area contributed by atoms with E-state index in [4.69, 9.17) is 5.11 Å². The molecule has 0 fully saturated rings. The van der Waals surface area contributed by atoms with E-state index in [-0.39, 0.29) is 11.3 Å². The average Bonchev–Trinajstić information content (AvgIpc) is 2.46. The molecule has 0 saturated heterocycles. The molecule has 2 amide bonds. The Morgan fingerprint density at radius 2 is 2.10 bits per heavy atom. The van der Waals surface area contributed by atoms with Gasteiger partial charge in [-0.25, -0.2) is 9.59 Å². The summed E-state index contributed by atoms with van der Waals surface area (Å²) >= 11 is 3.24. The number of aromatic nitrogens is 1. The Morgan fingerprint density at radius 1 is 1.29 bits per heavy atom. The number of urea groups is 1. The minimum absolute atomic E-state index is 0.0229. The summed E-state index contributed by atoms with van der Waals surface area (Å²) in [5.74, 6) is -1.11. The van der Waals surface area contributed by atoms with Crippen molar-refractivity contribution in [3.8, 4) is 0 Å². The van der Waals surface area contributed by atoms with Crippen LogP contribution >= 0.6 is 15.9 Å². The highest BCUT2D eigenvalue weighted by molar-refractivity contribution is 9.10. The van der Waals surface area contributed by atoms with Crippen molar-refractivity contribution in [2.75, 3.05) is 5.32 Å². The van der Waals surface area contributed by atoms with Crippen LogP contribution in [0.2, 0.25) is 0 Å². The van der Waals surface area contributed by atoms with Crippen molar-refractivity contribution >= 4 is 33.6 Å². The van der Waals surface area contributed by atoms with E-state index < -0.39 is 12.0 Å². The molecule has 3 N–H and O–H groups in total. The second-order valence-corrected chi connectivity index (χ2v) is 5.08. The average molecular weight is 350 g/mol. The van der Waals surface area contributed by atoms with E-state index in [2.05, 4.69) is 31.5 Å². The van der Waals surface area contributed by atoms with Gasteiger partial charge in [-0.1, -0.05) is 22.0 Å². The predicted octanol–water partition coefficient (Wildman–Crippen LogP) is 2.86. The lowest BCUT2D eigenvalue weighted by Gasteiger charge is -2.10. The number of amides is 2. The van der Waals surface area contributed by atoms with E-state index in [0.717, 1.165) is 5.56 Å². The van der Waals surface area contributed by atoms with Crippen LogP contribution in [-0.2, 0) is 6.54 Å². The van der Waals surface area contributed by atoms with Gasteiger partial charge >= 0.3 is 12.0 Å². The van der Waals surface area contributed by atoms with Gasteiger partial charge in [0.2, 0.25) is 0 Å². The molecule has 0 radical (unpaired) electrons. The highest BCUT2D eigenvalue weighted by Gasteiger charge is 2.12. The first-order valence-electron chi connectivity index (χ1n) is 6.03. The molecule has 0 spiro atoms. The topological polar surface area (TPSA) is 91.3 Å². The van der Waals surface area contributed by atoms with Crippen molar-refractivity contribution in [3.05, 3.63) is 58.3 Å². The van der Waals surface area contributed by atoms with E-state index in [9.17, 15) is 9.59 Å². The van der Waals surface area contributed by atoms with Crippen LogP contribution in [-0.4, -0.2) is 22.1 Å². The van der Waals surface area contributed by atoms with Crippen LogP contribution in [0.5, 0.6) is 0 Å². The maximum absolute atomic E-state index is 11.8. The Balaban J connectivity index is 2.02. The number of rotatable bonds is 4. The zero-order valence-corrected chi connectivity index (χ0v) is 12.4. The molecule has 21 heavy (non-hydrogen) atoms. The zero-order valence-electron chi connectivity index (χ0n) is 10.8. The number of carbonyl (C=O) groups excluding carboxylic acids is 1. The number of hydrogen-bond donors (Lipinski definition) is 3. The minimum atomic E-state index is -1.11. The fraction of sp³-hybridized carbons (Fsp3) is 0.0714. The third-order valence-corrected chi connectivity index (χ3v) is 3.13. The first-order valence-corrected chi connectivity index (χ1v) is 6.82. The number of carboxylic acid groups (broad SMARTS) is 1. The lowest BCUT2D eigenvalue weighted by atomic mass is 10.2. The molecule has 108 valence electrons. The van der Waals surface area contributed by atoms with Crippen molar-refractivity contribution in [1.82, 2.24) is 10.3 Å². The molecule has 6 nitrogen and oxygen atoms in total. The van der Waals surface area contributed by atoms with Gasteiger partial charge in [0.25, 0.3) is 0 Å². The Hall–Kier alpha value is -2.41. The highest BCUT2D eigenvalue weighted by Crippen LogP contribution is 2.21. The van der Waals surface area contributed by atoms with Gasteiger partial charge < -0.3 is 15.7 Å². The minimum Gasteiger partial charge on any atom is -0.478 e. The molecule has 0 saturated carbocycles. The Labute approximate surface area is 129 Å². The third-order valence-electron chi connectivity index (χ3n) is 2.64. The van der Waals surface area contributed by atoms with Gasteiger partial charge in [-0.3, -0.25) is 4.98 Å². The Kier molecular flexibility index (Phi) is 4.89. The molecule has 0 aliphatic rings. The number of pyridine rings is 1. The summed E-state index contributed by atoms with van der Waals surface area (Å²) in [5, 5.41) is 14.2. The molecule has 1 aromatic carbocycles. The summed E-state index contributed by atoms with van der Waals surface area (Å²) in [4.78, 5) is 26.9. The molecule has 0 unspecified atom stereocenters. The van der Waals surface area contributed by atoms with E-state index >= 15 is 0 Å². The number of nitrogens with zero attached hydrogens (tertiary/aromatic N) is 1. The van der Waals surface area contributed by atoms with Crippen LogP contribution in [0.4, 0.5) is 10.5 Å². The number of aromatic carboxylic acids is 1. The molecule has 0 aliphatic heterocycles. The van der Waals surface area contributed by atoms with E-state index in [1.165, 1.54) is 12.1 Å². The normalized spacial score (nSPS) is 9.95. The number of anilines is 1. The Morgan fingerprint density at radius 3 is 2.76 bits per heavy atom. The lowest BCUT2D eigenvalue weighted by Crippen LogP contribution is -2.29. The van der Waals surface area contributed by atoms with Crippen LogP contribution in [0.3, 0.4) is 0 Å². The second-order valence-electron chi connectivity index (χ2n) is 4.16. The molecule has 7 heteroatoms. The van der Waals surface area contributed by atoms with Crippen LogP contribution in [0.1, 0.15) is 15.9 Å². The molecule has 2 aromatic rings. The summed E-state index contributed by atoms with van der Waals surface area (Å²) in [6.45, 7) is 0.302. The van der Waals surface area contributed by atoms with Gasteiger partial charge in [0.15, 0.2) is 0 Å². The van der Waals surface area contributed by atoms with Gasteiger partial charge in [0.05, 0.1) is 11.3 Å². The number of nitrogens with one attached hydrogen (secondary N) is 2. The predicted molar refractivity (Wildman–Crippen MR) is 81.2 cm³/mol. The quantitative estimate of drug-likeness (QED) is 0.791. The number of halogens is 1. The number of carboxylic acids is 1. The molecule has 0 bridgehead atoms. The van der Waals surface area contributed by atoms with Gasteiger partial charge in [-0.05, 0) is 29.8 Å². The number of benzene rings is 1. The van der Waals surface area contributed by atoms with Gasteiger partial charge in [-0.2, -0.15) is 0 Å². The molecular formula is C14H12BrN3O3. The van der Waals surface area contributed by atoms with Crippen molar-refractivity contribution in [2.45, 2.75) is 6.54 Å². The standard InChI is InChI=1S/C14H12BrN3O3/c15-10-3-4-11(13(19)20)12(6-10)18-14(21)17-8-9-2-1-5-16-7-9/h1-7H,8H2,(H,19,20)(H2,17,18,21). The van der Waals surface area contributed by atoms with Crippen molar-refractivity contribution in [1.29, 1.82) is 0 Å². The largest absolute Gasteiger partial charge is 0.478 e.